The average molecular weight is 299 g/mol. The van der Waals surface area contributed by atoms with Gasteiger partial charge in [-0.2, -0.15) is 0 Å². The Hall–Kier alpha value is -1.23. The largest absolute Gasteiger partial charge is 0.376 e. The molecule has 0 atom stereocenters. The number of fused-ring (bicyclic) bond motifs is 1. The molecule has 98 valence electrons. The smallest absolute Gasteiger partial charge is 0.161 e. The van der Waals surface area contributed by atoms with E-state index < -0.39 is 5.82 Å². The van der Waals surface area contributed by atoms with Gasteiger partial charge in [0.05, 0.1) is 23.9 Å². The molecule has 1 aliphatic heterocycles. The van der Waals surface area contributed by atoms with E-state index >= 15 is 0 Å². The zero-order valence-corrected chi connectivity index (χ0v) is 11.3. The van der Waals surface area contributed by atoms with Crippen molar-refractivity contribution in [3.63, 3.8) is 0 Å². The lowest BCUT2D eigenvalue weighted by molar-refractivity contribution is 0.109. The summed E-state index contributed by atoms with van der Waals surface area (Å²) in [4.78, 5) is 8.62. The first-order valence-corrected chi connectivity index (χ1v) is 6.49. The molecule has 0 amide bonds. The van der Waals surface area contributed by atoms with E-state index in [1.165, 1.54) is 12.1 Å². The molecule has 0 N–H and O–H groups in total. The van der Waals surface area contributed by atoms with E-state index in [1.807, 2.05) is 0 Å². The number of hydrogen-bond donors (Lipinski definition) is 0. The minimum atomic E-state index is -0.500. The van der Waals surface area contributed by atoms with Crippen molar-refractivity contribution >= 4 is 23.2 Å². The summed E-state index contributed by atoms with van der Waals surface area (Å²) in [5, 5.41) is 0.427. The lowest BCUT2D eigenvalue weighted by atomic mass is 10.1. The van der Waals surface area contributed by atoms with Gasteiger partial charge < -0.3 is 4.74 Å². The molecular formula is C13H9Cl2FN2O. The second kappa shape index (κ2) is 5.04. The summed E-state index contributed by atoms with van der Waals surface area (Å²) in [5.74, 6) is -0.0961. The van der Waals surface area contributed by atoms with Crippen LogP contribution in [0, 0.1) is 5.82 Å². The molecule has 0 bridgehead atoms. The molecule has 3 rings (SSSR count). The third-order valence-electron chi connectivity index (χ3n) is 2.95. The Labute approximate surface area is 119 Å². The lowest BCUT2D eigenvalue weighted by Crippen LogP contribution is -2.14. The molecule has 0 unspecified atom stereocenters. The van der Waals surface area contributed by atoms with Crippen molar-refractivity contribution < 1.29 is 9.13 Å². The molecule has 0 spiro atoms. The second-order valence-corrected chi connectivity index (χ2v) is 4.96. The van der Waals surface area contributed by atoms with Gasteiger partial charge in [-0.05, 0) is 18.2 Å². The van der Waals surface area contributed by atoms with Crippen LogP contribution >= 0.6 is 23.2 Å². The second-order valence-electron chi connectivity index (χ2n) is 4.19. The first-order chi connectivity index (χ1) is 9.15. The number of nitrogens with zero attached hydrogens (tertiary/aromatic N) is 2. The Bertz CT molecular complexity index is 649. The van der Waals surface area contributed by atoms with Crippen molar-refractivity contribution in [1.29, 1.82) is 0 Å². The van der Waals surface area contributed by atoms with Gasteiger partial charge in [-0.25, -0.2) is 14.4 Å². The summed E-state index contributed by atoms with van der Waals surface area (Å²) in [7, 11) is 0. The van der Waals surface area contributed by atoms with Crippen molar-refractivity contribution in [1.82, 2.24) is 9.97 Å². The fourth-order valence-corrected chi connectivity index (χ4v) is 2.32. The fourth-order valence-electron chi connectivity index (χ4n) is 1.96. The molecule has 0 fully saturated rings. The van der Waals surface area contributed by atoms with Crippen LogP contribution < -0.4 is 0 Å². The van der Waals surface area contributed by atoms with Crippen molar-refractivity contribution in [3.05, 3.63) is 45.4 Å². The van der Waals surface area contributed by atoms with Crippen LogP contribution in [0.4, 0.5) is 4.39 Å². The van der Waals surface area contributed by atoms with Crippen LogP contribution in [0.25, 0.3) is 11.4 Å². The quantitative estimate of drug-likeness (QED) is 0.754. The highest BCUT2D eigenvalue weighted by Crippen LogP contribution is 2.27. The summed E-state index contributed by atoms with van der Waals surface area (Å²) in [5.41, 5.74) is 2.22. The summed E-state index contributed by atoms with van der Waals surface area (Å²) in [6, 6.07) is 4.45. The van der Waals surface area contributed by atoms with Crippen LogP contribution in [0.15, 0.2) is 18.2 Å². The Morgan fingerprint density at radius 1 is 1.21 bits per heavy atom. The molecule has 1 aromatic heterocycles. The first-order valence-electron chi connectivity index (χ1n) is 5.73. The van der Waals surface area contributed by atoms with E-state index in [1.54, 1.807) is 6.07 Å². The topological polar surface area (TPSA) is 35.0 Å². The molecule has 2 heterocycles. The fraction of sp³-hybridized carbons (Fsp3) is 0.231. The molecule has 0 saturated carbocycles. The van der Waals surface area contributed by atoms with Crippen molar-refractivity contribution in [2.24, 2.45) is 0 Å². The molecule has 3 nitrogen and oxygen atoms in total. The van der Waals surface area contributed by atoms with Gasteiger partial charge >= 0.3 is 0 Å². The van der Waals surface area contributed by atoms with Crippen molar-refractivity contribution in [2.45, 2.75) is 13.0 Å². The number of benzene rings is 1. The monoisotopic (exact) mass is 298 g/mol. The predicted molar refractivity (Wildman–Crippen MR) is 70.8 cm³/mol. The number of ether oxygens (including phenoxy) is 1. The zero-order chi connectivity index (χ0) is 13.4. The highest BCUT2D eigenvalue weighted by atomic mass is 35.5. The predicted octanol–water partition coefficient (Wildman–Crippen LogP) is 3.66. The highest BCUT2D eigenvalue weighted by molar-refractivity contribution is 6.31. The van der Waals surface area contributed by atoms with E-state index in [2.05, 4.69) is 9.97 Å². The van der Waals surface area contributed by atoms with Gasteiger partial charge in [0.25, 0.3) is 0 Å². The molecule has 2 aromatic rings. The van der Waals surface area contributed by atoms with E-state index in [0.717, 1.165) is 11.3 Å². The Morgan fingerprint density at radius 2 is 2.05 bits per heavy atom. The third-order valence-corrected chi connectivity index (χ3v) is 3.57. The molecular weight excluding hydrogens is 290 g/mol. The van der Waals surface area contributed by atoms with E-state index in [9.17, 15) is 4.39 Å². The Morgan fingerprint density at radius 3 is 2.84 bits per heavy atom. The van der Waals surface area contributed by atoms with Crippen LogP contribution in [0.3, 0.4) is 0 Å². The standard InChI is InChI=1S/C13H9Cl2FN2O/c14-9-2-1-7(5-10(9)16)13-17-11-3-4-19-6-8(11)12(15)18-13/h1-2,5H,3-4,6H2. The highest BCUT2D eigenvalue weighted by Gasteiger charge is 2.18. The van der Waals surface area contributed by atoms with Gasteiger partial charge in [0.15, 0.2) is 5.82 Å². The minimum absolute atomic E-state index is 0.0706. The van der Waals surface area contributed by atoms with Crippen LogP contribution in [0.5, 0.6) is 0 Å². The molecule has 0 aliphatic carbocycles. The van der Waals surface area contributed by atoms with Crippen LogP contribution in [-0.4, -0.2) is 16.6 Å². The lowest BCUT2D eigenvalue weighted by Gasteiger charge is -2.17. The molecule has 1 aromatic carbocycles. The Kier molecular flexibility index (Phi) is 3.39. The van der Waals surface area contributed by atoms with Crippen LogP contribution in [0.1, 0.15) is 11.3 Å². The normalized spacial score (nSPS) is 14.3. The molecule has 6 heteroatoms. The first kappa shape index (κ1) is 12.8. The summed E-state index contributed by atoms with van der Waals surface area (Å²) >= 11 is 11.8. The summed E-state index contributed by atoms with van der Waals surface area (Å²) in [6.07, 6.45) is 0.681. The van der Waals surface area contributed by atoms with E-state index in [4.69, 9.17) is 27.9 Å². The van der Waals surface area contributed by atoms with E-state index in [0.29, 0.717) is 36.2 Å². The zero-order valence-electron chi connectivity index (χ0n) is 9.79. The molecule has 1 aliphatic rings. The summed E-state index contributed by atoms with van der Waals surface area (Å²) in [6.45, 7) is 1.03. The van der Waals surface area contributed by atoms with Crippen molar-refractivity contribution in [3.8, 4) is 11.4 Å². The van der Waals surface area contributed by atoms with Crippen LogP contribution in [0.2, 0.25) is 10.2 Å². The average Bonchev–Trinajstić information content (AvgIpc) is 2.42. The number of rotatable bonds is 1. The van der Waals surface area contributed by atoms with Crippen LogP contribution in [-0.2, 0) is 17.8 Å². The summed E-state index contributed by atoms with van der Waals surface area (Å²) < 4.78 is 18.8. The van der Waals surface area contributed by atoms with E-state index in [-0.39, 0.29) is 5.02 Å². The minimum Gasteiger partial charge on any atom is -0.376 e. The Balaban J connectivity index is 2.10. The third kappa shape index (κ3) is 2.43. The van der Waals surface area contributed by atoms with Gasteiger partial charge in [0.1, 0.15) is 11.0 Å². The van der Waals surface area contributed by atoms with Gasteiger partial charge in [-0.15, -0.1) is 0 Å². The maximum atomic E-state index is 13.5. The SMILES string of the molecule is Fc1cc(-c2nc(Cl)c3c(n2)CCOC3)ccc1Cl. The molecule has 19 heavy (non-hydrogen) atoms. The maximum Gasteiger partial charge on any atom is 0.161 e. The number of halogens is 3. The van der Waals surface area contributed by atoms with Crippen molar-refractivity contribution in [2.75, 3.05) is 6.61 Å². The number of aromatic nitrogens is 2. The molecule has 0 saturated heterocycles. The number of hydrogen-bond acceptors (Lipinski definition) is 3. The van der Waals surface area contributed by atoms with Gasteiger partial charge in [0, 0.05) is 17.5 Å². The van der Waals surface area contributed by atoms with Gasteiger partial charge in [-0.3, -0.25) is 0 Å². The van der Waals surface area contributed by atoms with Gasteiger partial charge in [-0.1, -0.05) is 23.2 Å². The van der Waals surface area contributed by atoms with Gasteiger partial charge in [0.2, 0.25) is 0 Å². The molecule has 0 radical (unpaired) electrons. The maximum absolute atomic E-state index is 13.5.